The van der Waals surface area contributed by atoms with E-state index in [4.69, 9.17) is 16.3 Å². The molecule has 16 heavy (non-hydrogen) atoms. The van der Waals surface area contributed by atoms with Gasteiger partial charge in [-0.25, -0.2) is 0 Å². The van der Waals surface area contributed by atoms with Gasteiger partial charge in [0.2, 0.25) is 0 Å². The Morgan fingerprint density at radius 3 is 2.62 bits per heavy atom. The summed E-state index contributed by atoms with van der Waals surface area (Å²) in [5, 5.41) is 7.09. The van der Waals surface area contributed by atoms with Crippen molar-refractivity contribution < 1.29 is 4.74 Å². The SMILES string of the molecule is CNCCCCNc1ccc(OC)c(Cl)c1. The molecule has 0 aliphatic rings. The first-order valence-electron chi connectivity index (χ1n) is 5.50. The second-order valence-corrected chi connectivity index (χ2v) is 3.99. The predicted molar refractivity (Wildman–Crippen MR) is 69.7 cm³/mol. The first kappa shape index (κ1) is 13.1. The average Bonchev–Trinajstić information content (AvgIpc) is 2.29. The first-order valence-corrected chi connectivity index (χ1v) is 5.87. The van der Waals surface area contributed by atoms with Crippen LogP contribution in [0.3, 0.4) is 0 Å². The lowest BCUT2D eigenvalue weighted by Crippen LogP contribution is -2.10. The van der Waals surface area contributed by atoms with Crippen LogP contribution < -0.4 is 15.4 Å². The summed E-state index contributed by atoms with van der Waals surface area (Å²) in [6, 6.07) is 5.74. The van der Waals surface area contributed by atoms with Gasteiger partial charge >= 0.3 is 0 Å². The van der Waals surface area contributed by atoms with Crippen molar-refractivity contribution in [3.05, 3.63) is 23.2 Å². The van der Waals surface area contributed by atoms with E-state index in [1.807, 2.05) is 25.2 Å². The maximum atomic E-state index is 6.02. The third kappa shape index (κ3) is 4.29. The fourth-order valence-corrected chi connectivity index (χ4v) is 1.69. The van der Waals surface area contributed by atoms with E-state index in [-0.39, 0.29) is 0 Å². The molecule has 1 rings (SSSR count). The highest BCUT2D eigenvalue weighted by molar-refractivity contribution is 6.32. The van der Waals surface area contributed by atoms with Crippen molar-refractivity contribution in [3.8, 4) is 5.75 Å². The van der Waals surface area contributed by atoms with E-state index in [1.165, 1.54) is 6.42 Å². The molecule has 0 saturated heterocycles. The Bertz CT molecular complexity index is 318. The zero-order chi connectivity index (χ0) is 11.8. The predicted octanol–water partition coefficient (Wildman–Crippen LogP) is 2.76. The number of halogens is 1. The van der Waals surface area contributed by atoms with Crippen LogP contribution in [0.2, 0.25) is 5.02 Å². The minimum absolute atomic E-state index is 0.641. The second kappa shape index (κ2) is 7.36. The Balaban J connectivity index is 2.34. The van der Waals surface area contributed by atoms with Crippen LogP contribution in [0.25, 0.3) is 0 Å². The summed E-state index contributed by atoms with van der Waals surface area (Å²) in [4.78, 5) is 0. The molecule has 1 aromatic carbocycles. The molecule has 0 fully saturated rings. The summed E-state index contributed by atoms with van der Waals surface area (Å²) in [5.74, 6) is 0.711. The number of ether oxygens (including phenoxy) is 1. The second-order valence-electron chi connectivity index (χ2n) is 3.59. The summed E-state index contributed by atoms with van der Waals surface area (Å²) in [6.07, 6.45) is 2.32. The third-order valence-corrected chi connectivity index (χ3v) is 2.63. The maximum Gasteiger partial charge on any atom is 0.137 e. The van der Waals surface area contributed by atoms with Crippen LogP contribution in [-0.2, 0) is 0 Å². The quantitative estimate of drug-likeness (QED) is 0.722. The summed E-state index contributed by atoms with van der Waals surface area (Å²) >= 11 is 6.02. The number of hydrogen-bond acceptors (Lipinski definition) is 3. The molecule has 0 bridgehead atoms. The molecule has 0 saturated carbocycles. The van der Waals surface area contributed by atoms with Crippen molar-refractivity contribution in [2.45, 2.75) is 12.8 Å². The smallest absolute Gasteiger partial charge is 0.137 e. The van der Waals surface area contributed by atoms with Crippen LogP contribution in [0, 0.1) is 0 Å². The van der Waals surface area contributed by atoms with E-state index < -0.39 is 0 Å². The van der Waals surface area contributed by atoms with Gasteiger partial charge in [-0.3, -0.25) is 0 Å². The topological polar surface area (TPSA) is 33.3 Å². The normalized spacial score (nSPS) is 10.2. The zero-order valence-corrected chi connectivity index (χ0v) is 10.6. The lowest BCUT2D eigenvalue weighted by molar-refractivity contribution is 0.415. The Hall–Kier alpha value is -0.930. The average molecular weight is 243 g/mol. The lowest BCUT2D eigenvalue weighted by atomic mass is 10.2. The van der Waals surface area contributed by atoms with E-state index in [9.17, 15) is 0 Å². The molecule has 0 aromatic heterocycles. The molecule has 0 spiro atoms. The van der Waals surface area contributed by atoms with Gasteiger partial charge in [0.1, 0.15) is 5.75 Å². The standard InChI is InChI=1S/C12H19ClN2O/c1-14-7-3-4-8-15-10-5-6-12(16-2)11(13)9-10/h5-6,9,14-15H,3-4,7-8H2,1-2H3. The third-order valence-electron chi connectivity index (χ3n) is 2.33. The molecule has 4 heteroatoms. The van der Waals surface area contributed by atoms with E-state index in [2.05, 4.69) is 10.6 Å². The van der Waals surface area contributed by atoms with E-state index >= 15 is 0 Å². The van der Waals surface area contributed by atoms with E-state index in [0.29, 0.717) is 10.8 Å². The van der Waals surface area contributed by atoms with E-state index in [1.54, 1.807) is 7.11 Å². The van der Waals surface area contributed by atoms with Gasteiger partial charge in [0.05, 0.1) is 12.1 Å². The first-order chi connectivity index (χ1) is 7.77. The maximum absolute atomic E-state index is 6.02. The minimum Gasteiger partial charge on any atom is -0.495 e. The van der Waals surface area contributed by atoms with Crippen molar-refractivity contribution in [3.63, 3.8) is 0 Å². The highest BCUT2D eigenvalue weighted by Crippen LogP contribution is 2.27. The highest BCUT2D eigenvalue weighted by atomic mass is 35.5. The molecule has 0 unspecified atom stereocenters. The van der Waals surface area contributed by atoms with Crippen LogP contribution in [0.15, 0.2) is 18.2 Å². The van der Waals surface area contributed by atoms with Gasteiger partial charge in [0, 0.05) is 12.2 Å². The number of hydrogen-bond donors (Lipinski definition) is 2. The van der Waals surface area contributed by atoms with Gasteiger partial charge in [-0.15, -0.1) is 0 Å². The molecule has 3 nitrogen and oxygen atoms in total. The monoisotopic (exact) mass is 242 g/mol. The zero-order valence-electron chi connectivity index (χ0n) is 9.85. The Morgan fingerprint density at radius 1 is 1.25 bits per heavy atom. The molecular formula is C12H19ClN2O. The number of methoxy groups -OCH3 is 1. The van der Waals surface area contributed by atoms with Crippen molar-refractivity contribution in [2.75, 3.05) is 32.6 Å². The van der Waals surface area contributed by atoms with Gasteiger partial charge in [0.15, 0.2) is 0 Å². The number of unbranched alkanes of at least 4 members (excludes halogenated alkanes) is 1. The van der Waals surface area contributed by atoms with Crippen LogP contribution in [0.4, 0.5) is 5.69 Å². The van der Waals surface area contributed by atoms with Gasteiger partial charge in [-0.05, 0) is 44.6 Å². The fourth-order valence-electron chi connectivity index (χ4n) is 1.44. The van der Waals surface area contributed by atoms with Gasteiger partial charge in [-0.2, -0.15) is 0 Å². The molecule has 0 heterocycles. The van der Waals surface area contributed by atoms with Gasteiger partial charge < -0.3 is 15.4 Å². The van der Waals surface area contributed by atoms with Crippen LogP contribution >= 0.6 is 11.6 Å². The number of benzene rings is 1. The Labute approximate surface area is 102 Å². The van der Waals surface area contributed by atoms with Crippen molar-refractivity contribution in [2.24, 2.45) is 0 Å². The largest absolute Gasteiger partial charge is 0.495 e. The van der Waals surface area contributed by atoms with Gasteiger partial charge in [0.25, 0.3) is 0 Å². The molecule has 0 radical (unpaired) electrons. The minimum atomic E-state index is 0.641. The summed E-state index contributed by atoms with van der Waals surface area (Å²) in [6.45, 7) is 2.02. The molecule has 0 aliphatic heterocycles. The number of nitrogens with one attached hydrogen (secondary N) is 2. The van der Waals surface area contributed by atoms with Crippen LogP contribution in [0.1, 0.15) is 12.8 Å². The molecule has 90 valence electrons. The lowest BCUT2D eigenvalue weighted by Gasteiger charge is -2.08. The summed E-state index contributed by atoms with van der Waals surface area (Å²) in [5.41, 5.74) is 1.04. The molecule has 0 amide bonds. The fraction of sp³-hybridized carbons (Fsp3) is 0.500. The molecule has 2 N–H and O–H groups in total. The van der Waals surface area contributed by atoms with Crippen molar-refractivity contribution in [1.29, 1.82) is 0 Å². The highest BCUT2D eigenvalue weighted by Gasteiger charge is 2.00. The molecule has 0 atom stereocenters. The Morgan fingerprint density at radius 2 is 2.00 bits per heavy atom. The molecule has 0 aliphatic carbocycles. The number of rotatable bonds is 7. The Kier molecular flexibility index (Phi) is 6.04. The molecule has 1 aromatic rings. The van der Waals surface area contributed by atoms with Crippen molar-refractivity contribution in [1.82, 2.24) is 5.32 Å². The van der Waals surface area contributed by atoms with Gasteiger partial charge in [-0.1, -0.05) is 11.6 Å². The summed E-state index contributed by atoms with van der Waals surface area (Å²) < 4.78 is 5.09. The van der Waals surface area contributed by atoms with Crippen molar-refractivity contribution >= 4 is 17.3 Å². The molecular weight excluding hydrogens is 224 g/mol. The number of anilines is 1. The summed E-state index contributed by atoms with van der Waals surface area (Å²) in [7, 11) is 3.59. The van der Waals surface area contributed by atoms with Crippen LogP contribution in [0.5, 0.6) is 5.75 Å². The van der Waals surface area contributed by atoms with E-state index in [0.717, 1.165) is 25.2 Å². The van der Waals surface area contributed by atoms with Crippen LogP contribution in [-0.4, -0.2) is 27.2 Å².